The summed E-state index contributed by atoms with van der Waals surface area (Å²) in [5, 5.41) is 8.89. The number of aliphatic carboxylic acids is 1. The van der Waals surface area contributed by atoms with Crippen molar-refractivity contribution >= 4 is 11.9 Å². The monoisotopic (exact) mass is 215 g/mol. The van der Waals surface area contributed by atoms with Gasteiger partial charge in [0.05, 0.1) is 0 Å². The van der Waals surface area contributed by atoms with Crippen molar-refractivity contribution in [3.63, 3.8) is 0 Å². The lowest BCUT2D eigenvalue weighted by molar-refractivity contribution is -0.146. The number of hydrogen-bond acceptors (Lipinski definition) is 3. The third-order valence-electron chi connectivity index (χ3n) is 2.61. The van der Waals surface area contributed by atoms with Gasteiger partial charge in [0.2, 0.25) is 5.91 Å². The van der Waals surface area contributed by atoms with E-state index in [-0.39, 0.29) is 5.91 Å². The highest BCUT2D eigenvalue weighted by molar-refractivity contribution is 5.87. The lowest BCUT2D eigenvalue weighted by atomic mass is 10.2. The average molecular weight is 215 g/mol. The van der Waals surface area contributed by atoms with Gasteiger partial charge in [-0.05, 0) is 19.3 Å². The molecule has 1 fully saturated rings. The van der Waals surface area contributed by atoms with Gasteiger partial charge in [-0.1, -0.05) is 0 Å². The molecule has 1 heterocycles. The number of carbonyl (C=O) groups excluding carboxylic acids is 1. The highest BCUT2D eigenvalue weighted by atomic mass is 16.5. The highest BCUT2D eigenvalue weighted by Gasteiger charge is 2.35. The molecule has 0 bridgehead atoms. The van der Waals surface area contributed by atoms with Gasteiger partial charge < -0.3 is 14.7 Å². The standard InChI is InChI=1S/C10H17NO4/c1-15-7-3-2-6-11-8(10(13)14)4-5-9(11)12/h8H,2-7H2,1H3,(H,13,14). The van der Waals surface area contributed by atoms with Gasteiger partial charge in [0.15, 0.2) is 0 Å². The normalized spacial score (nSPS) is 21.0. The van der Waals surface area contributed by atoms with Crippen LogP contribution in [0.25, 0.3) is 0 Å². The number of likely N-dealkylation sites (tertiary alicyclic amines) is 1. The molecule has 0 aliphatic carbocycles. The van der Waals surface area contributed by atoms with Gasteiger partial charge in [-0.3, -0.25) is 4.79 Å². The number of carboxylic acids is 1. The molecular weight excluding hydrogens is 198 g/mol. The van der Waals surface area contributed by atoms with Crippen LogP contribution in [0.5, 0.6) is 0 Å². The number of methoxy groups -OCH3 is 1. The third kappa shape index (κ3) is 3.20. The molecule has 1 aliphatic rings. The van der Waals surface area contributed by atoms with Crippen molar-refractivity contribution in [1.29, 1.82) is 0 Å². The Kier molecular flexibility index (Phi) is 4.55. The maximum Gasteiger partial charge on any atom is 0.326 e. The van der Waals surface area contributed by atoms with Crippen LogP contribution in [-0.4, -0.2) is 48.2 Å². The Labute approximate surface area is 89.0 Å². The predicted octanol–water partition coefficient (Wildman–Crippen LogP) is 0.489. The number of hydrogen-bond donors (Lipinski definition) is 1. The summed E-state index contributed by atoms with van der Waals surface area (Å²) in [6, 6.07) is -0.611. The Morgan fingerprint density at radius 3 is 2.93 bits per heavy atom. The fourth-order valence-corrected chi connectivity index (χ4v) is 1.80. The molecule has 1 rings (SSSR count). The van der Waals surface area contributed by atoms with E-state index >= 15 is 0 Å². The van der Waals surface area contributed by atoms with Crippen molar-refractivity contribution in [2.24, 2.45) is 0 Å². The van der Waals surface area contributed by atoms with E-state index in [1.165, 1.54) is 4.90 Å². The molecule has 1 atom stereocenters. The lowest BCUT2D eigenvalue weighted by Gasteiger charge is -2.21. The molecule has 0 aromatic carbocycles. The molecule has 15 heavy (non-hydrogen) atoms. The number of amides is 1. The second-order valence-electron chi connectivity index (χ2n) is 3.68. The van der Waals surface area contributed by atoms with Gasteiger partial charge in [-0.15, -0.1) is 0 Å². The summed E-state index contributed by atoms with van der Waals surface area (Å²) in [6.45, 7) is 1.18. The predicted molar refractivity (Wildman–Crippen MR) is 53.5 cm³/mol. The summed E-state index contributed by atoms with van der Waals surface area (Å²) in [7, 11) is 1.63. The summed E-state index contributed by atoms with van der Waals surface area (Å²) < 4.78 is 4.89. The van der Waals surface area contributed by atoms with E-state index in [1.54, 1.807) is 7.11 Å². The van der Waals surface area contributed by atoms with Crippen LogP contribution in [-0.2, 0) is 14.3 Å². The minimum absolute atomic E-state index is 0.0418. The van der Waals surface area contributed by atoms with Crippen molar-refractivity contribution in [2.75, 3.05) is 20.3 Å². The zero-order valence-corrected chi connectivity index (χ0v) is 8.94. The van der Waals surface area contributed by atoms with Crippen molar-refractivity contribution < 1.29 is 19.4 Å². The van der Waals surface area contributed by atoms with Gasteiger partial charge in [-0.2, -0.15) is 0 Å². The minimum Gasteiger partial charge on any atom is -0.480 e. The van der Waals surface area contributed by atoms with Crippen molar-refractivity contribution in [3.05, 3.63) is 0 Å². The van der Waals surface area contributed by atoms with E-state index in [4.69, 9.17) is 9.84 Å². The van der Waals surface area contributed by atoms with Crippen LogP contribution in [0, 0.1) is 0 Å². The molecule has 1 aliphatic heterocycles. The average Bonchev–Trinajstić information content (AvgIpc) is 2.55. The van der Waals surface area contributed by atoms with Crippen LogP contribution in [0.1, 0.15) is 25.7 Å². The summed E-state index contributed by atoms with van der Waals surface area (Å²) in [5.74, 6) is -0.938. The molecule has 1 unspecified atom stereocenters. The van der Waals surface area contributed by atoms with E-state index in [0.29, 0.717) is 26.0 Å². The number of rotatable bonds is 6. The molecule has 1 amide bonds. The summed E-state index contributed by atoms with van der Waals surface area (Å²) in [4.78, 5) is 23.7. The Hall–Kier alpha value is -1.10. The molecule has 1 N–H and O–H groups in total. The summed E-state index contributed by atoms with van der Waals surface area (Å²) in [5.41, 5.74) is 0. The second kappa shape index (κ2) is 5.70. The van der Waals surface area contributed by atoms with Crippen molar-refractivity contribution in [3.8, 4) is 0 Å². The zero-order valence-electron chi connectivity index (χ0n) is 8.94. The Balaban J connectivity index is 2.36. The maximum absolute atomic E-state index is 11.4. The fourth-order valence-electron chi connectivity index (χ4n) is 1.80. The summed E-state index contributed by atoms with van der Waals surface area (Å²) >= 11 is 0. The minimum atomic E-state index is -0.896. The molecule has 1 saturated heterocycles. The maximum atomic E-state index is 11.4. The smallest absolute Gasteiger partial charge is 0.326 e. The number of carbonyl (C=O) groups is 2. The number of unbranched alkanes of at least 4 members (excludes halogenated alkanes) is 1. The molecule has 0 spiro atoms. The van der Waals surface area contributed by atoms with Gasteiger partial charge in [0, 0.05) is 26.7 Å². The van der Waals surface area contributed by atoms with Crippen LogP contribution in [0.3, 0.4) is 0 Å². The molecule has 86 valence electrons. The number of nitrogens with zero attached hydrogens (tertiary/aromatic N) is 1. The molecule has 0 aromatic rings. The van der Waals surface area contributed by atoms with E-state index in [1.807, 2.05) is 0 Å². The summed E-state index contributed by atoms with van der Waals surface area (Å²) in [6.07, 6.45) is 2.45. The first-order chi connectivity index (χ1) is 7.16. The topological polar surface area (TPSA) is 66.8 Å². The molecule has 5 nitrogen and oxygen atoms in total. The van der Waals surface area contributed by atoms with Gasteiger partial charge >= 0.3 is 5.97 Å². The first-order valence-electron chi connectivity index (χ1n) is 5.18. The zero-order chi connectivity index (χ0) is 11.3. The quantitative estimate of drug-likeness (QED) is 0.655. The third-order valence-corrected chi connectivity index (χ3v) is 2.61. The number of ether oxygens (including phenoxy) is 1. The van der Waals surface area contributed by atoms with Crippen molar-refractivity contribution in [1.82, 2.24) is 4.90 Å². The van der Waals surface area contributed by atoms with E-state index in [0.717, 1.165) is 12.8 Å². The van der Waals surface area contributed by atoms with Crippen molar-refractivity contribution in [2.45, 2.75) is 31.7 Å². The van der Waals surface area contributed by atoms with E-state index in [2.05, 4.69) is 0 Å². The van der Waals surface area contributed by atoms with Gasteiger partial charge in [0.1, 0.15) is 6.04 Å². The Morgan fingerprint density at radius 1 is 1.60 bits per heavy atom. The largest absolute Gasteiger partial charge is 0.480 e. The first-order valence-corrected chi connectivity index (χ1v) is 5.18. The van der Waals surface area contributed by atoms with E-state index < -0.39 is 12.0 Å². The Bertz CT molecular complexity index is 242. The molecule has 0 radical (unpaired) electrons. The second-order valence-corrected chi connectivity index (χ2v) is 3.68. The lowest BCUT2D eigenvalue weighted by Crippen LogP contribution is -2.39. The van der Waals surface area contributed by atoms with Crippen LogP contribution in [0.15, 0.2) is 0 Å². The van der Waals surface area contributed by atoms with Crippen LogP contribution >= 0.6 is 0 Å². The van der Waals surface area contributed by atoms with Crippen LogP contribution in [0.2, 0.25) is 0 Å². The molecule has 0 saturated carbocycles. The highest BCUT2D eigenvalue weighted by Crippen LogP contribution is 2.19. The van der Waals surface area contributed by atoms with Gasteiger partial charge in [0.25, 0.3) is 0 Å². The fraction of sp³-hybridized carbons (Fsp3) is 0.800. The molecular formula is C10H17NO4. The first kappa shape index (κ1) is 12.0. The molecule has 0 aromatic heterocycles. The van der Waals surface area contributed by atoms with Crippen LogP contribution in [0.4, 0.5) is 0 Å². The Morgan fingerprint density at radius 2 is 2.33 bits per heavy atom. The van der Waals surface area contributed by atoms with Gasteiger partial charge in [-0.25, -0.2) is 4.79 Å². The number of carboxylic acid groups (broad SMARTS) is 1. The molecule has 5 heteroatoms. The van der Waals surface area contributed by atoms with Crippen LogP contribution < -0.4 is 0 Å². The SMILES string of the molecule is COCCCCN1C(=O)CCC1C(=O)O. The van der Waals surface area contributed by atoms with E-state index in [9.17, 15) is 9.59 Å².